The van der Waals surface area contributed by atoms with E-state index in [0.717, 1.165) is 29.7 Å². The fourth-order valence-electron chi connectivity index (χ4n) is 2.63. The minimum Gasteiger partial charge on any atom is -0.459 e. The number of rotatable bonds is 4. The Bertz CT molecular complexity index is 779. The normalized spacial score (nSPS) is 12.5. The molecule has 0 saturated heterocycles. The van der Waals surface area contributed by atoms with Gasteiger partial charge in [-0.1, -0.05) is 0 Å². The first kappa shape index (κ1) is 16.3. The molecule has 24 heavy (non-hydrogen) atoms. The van der Waals surface area contributed by atoms with Crippen molar-refractivity contribution in [1.29, 1.82) is 0 Å². The first-order valence-corrected chi connectivity index (χ1v) is 8.39. The summed E-state index contributed by atoms with van der Waals surface area (Å²) in [6, 6.07) is 3.15. The van der Waals surface area contributed by atoms with Crippen LogP contribution in [0, 0.1) is 0 Å². The Balaban J connectivity index is 1.85. The molecule has 0 aromatic carbocycles. The molecule has 3 amide bonds. The number of aryl methyl sites for hydroxylation is 1. The highest BCUT2D eigenvalue weighted by Gasteiger charge is 2.29. The Hall–Kier alpha value is -2.61. The third-order valence-corrected chi connectivity index (χ3v) is 4.82. The average molecular weight is 348 g/mol. The predicted molar refractivity (Wildman–Crippen MR) is 87.5 cm³/mol. The van der Waals surface area contributed by atoms with Gasteiger partial charge in [-0.05, 0) is 43.9 Å². The Morgan fingerprint density at radius 1 is 1.29 bits per heavy atom. The van der Waals surface area contributed by atoms with Gasteiger partial charge >= 0.3 is 6.09 Å². The molecule has 0 atom stereocenters. The molecule has 0 aliphatic heterocycles. The van der Waals surface area contributed by atoms with Gasteiger partial charge in [0.05, 0.1) is 18.4 Å². The minimum atomic E-state index is -0.802. The molecule has 2 heterocycles. The zero-order chi connectivity index (χ0) is 17.1. The van der Waals surface area contributed by atoms with Crippen molar-refractivity contribution >= 4 is 34.2 Å². The quantitative estimate of drug-likeness (QED) is 0.885. The number of anilines is 1. The number of amides is 3. The summed E-state index contributed by atoms with van der Waals surface area (Å²) in [5, 5.41) is 5.31. The van der Waals surface area contributed by atoms with Crippen molar-refractivity contribution in [3.05, 3.63) is 40.2 Å². The van der Waals surface area contributed by atoms with Crippen molar-refractivity contribution < 1.29 is 23.5 Å². The van der Waals surface area contributed by atoms with E-state index in [4.69, 9.17) is 9.15 Å². The molecule has 8 heteroatoms. The molecule has 0 fully saturated rings. The van der Waals surface area contributed by atoms with Gasteiger partial charge in [0, 0.05) is 4.88 Å². The number of fused-ring (bicyclic) bond motifs is 1. The Kier molecular flexibility index (Phi) is 4.66. The van der Waals surface area contributed by atoms with Gasteiger partial charge in [0.1, 0.15) is 5.00 Å². The summed E-state index contributed by atoms with van der Waals surface area (Å²) in [4.78, 5) is 37.2. The zero-order valence-corrected chi connectivity index (χ0v) is 13.8. The van der Waals surface area contributed by atoms with Crippen LogP contribution in [0.25, 0.3) is 0 Å². The number of hydrogen-bond donors (Lipinski definition) is 2. The number of furan rings is 1. The lowest BCUT2D eigenvalue weighted by atomic mass is 10.1. The molecule has 0 spiro atoms. The number of thiophene rings is 1. The molecule has 3 rings (SSSR count). The Labute approximate surface area is 142 Å². The van der Waals surface area contributed by atoms with Crippen LogP contribution in [0.3, 0.4) is 0 Å². The van der Waals surface area contributed by atoms with Gasteiger partial charge in [-0.15, -0.1) is 11.3 Å². The first-order chi connectivity index (χ1) is 11.6. The van der Waals surface area contributed by atoms with Crippen LogP contribution in [0.5, 0.6) is 0 Å². The van der Waals surface area contributed by atoms with Crippen molar-refractivity contribution in [2.24, 2.45) is 0 Å². The van der Waals surface area contributed by atoms with Crippen LogP contribution >= 0.6 is 11.3 Å². The smallest absolute Gasteiger partial charge is 0.414 e. The predicted octanol–water partition coefficient (Wildman–Crippen LogP) is 2.97. The zero-order valence-electron chi connectivity index (χ0n) is 13.0. The maximum absolute atomic E-state index is 12.5. The molecule has 2 aromatic heterocycles. The monoisotopic (exact) mass is 348 g/mol. The highest BCUT2D eigenvalue weighted by atomic mass is 32.1. The number of nitrogens with one attached hydrogen (secondary N) is 2. The third kappa shape index (κ3) is 3.18. The summed E-state index contributed by atoms with van der Waals surface area (Å²) < 4.78 is 9.80. The summed E-state index contributed by atoms with van der Waals surface area (Å²) in [5.41, 5.74) is 1.22. The van der Waals surface area contributed by atoms with E-state index in [1.54, 1.807) is 13.0 Å². The molecule has 2 N–H and O–H groups in total. The fourth-order valence-corrected chi connectivity index (χ4v) is 3.91. The van der Waals surface area contributed by atoms with Crippen molar-refractivity contribution in [2.75, 3.05) is 11.9 Å². The Morgan fingerprint density at radius 3 is 2.83 bits per heavy atom. The van der Waals surface area contributed by atoms with E-state index >= 15 is 0 Å². The maximum Gasteiger partial charge on any atom is 0.414 e. The van der Waals surface area contributed by atoms with E-state index in [9.17, 15) is 14.4 Å². The topological polar surface area (TPSA) is 97.6 Å². The van der Waals surface area contributed by atoms with Crippen LogP contribution in [0.1, 0.15) is 44.7 Å². The second-order valence-electron chi connectivity index (χ2n) is 5.17. The number of carbonyl (C=O) groups excluding carboxylic acids is 3. The molecule has 0 bridgehead atoms. The van der Waals surface area contributed by atoms with E-state index in [-0.39, 0.29) is 12.4 Å². The van der Waals surface area contributed by atoms with Crippen molar-refractivity contribution in [1.82, 2.24) is 5.32 Å². The molecule has 7 nitrogen and oxygen atoms in total. The summed E-state index contributed by atoms with van der Waals surface area (Å²) in [5.74, 6) is -0.854. The average Bonchev–Trinajstić information content (AvgIpc) is 3.23. The van der Waals surface area contributed by atoms with Gasteiger partial charge in [-0.2, -0.15) is 0 Å². The van der Waals surface area contributed by atoms with E-state index in [0.29, 0.717) is 10.6 Å². The maximum atomic E-state index is 12.5. The largest absolute Gasteiger partial charge is 0.459 e. The molecular weight excluding hydrogens is 332 g/mol. The van der Waals surface area contributed by atoms with Crippen molar-refractivity contribution in [2.45, 2.75) is 26.2 Å². The number of imide groups is 1. The lowest BCUT2D eigenvalue weighted by Gasteiger charge is -2.08. The van der Waals surface area contributed by atoms with Gasteiger partial charge in [0.2, 0.25) is 0 Å². The van der Waals surface area contributed by atoms with E-state index < -0.39 is 17.9 Å². The Morgan fingerprint density at radius 2 is 2.12 bits per heavy atom. The molecule has 0 radical (unpaired) electrons. The summed E-state index contributed by atoms with van der Waals surface area (Å²) in [7, 11) is 0. The fraction of sp³-hybridized carbons (Fsp3) is 0.312. The standard InChI is InChI=1S/C16H16N2O5S/c1-2-22-16(21)18-14(20)12-9-5-3-7-11(9)24-15(12)17-13(19)10-6-4-8-23-10/h4,6,8H,2-3,5,7H2,1H3,(H,17,19)(H,18,20,21). The number of carbonyl (C=O) groups is 3. The molecule has 0 unspecified atom stereocenters. The van der Waals surface area contributed by atoms with E-state index in [2.05, 4.69) is 10.6 Å². The second kappa shape index (κ2) is 6.88. The van der Waals surface area contributed by atoms with Gasteiger partial charge < -0.3 is 14.5 Å². The number of hydrogen-bond acceptors (Lipinski definition) is 6. The molecule has 1 aliphatic rings. The summed E-state index contributed by atoms with van der Waals surface area (Å²) in [6.45, 7) is 1.82. The van der Waals surface area contributed by atoms with Crippen LogP contribution in [0.2, 0.25) is 0 Å². The van der Waals surface area contributed by atoms with Crippen LogP contribution < -0.4 is 10.6 Å². The first-order valence-electron chi connectivity index (χ1n) is 7.57. The molecule has 126 valence electrons. The van der Waals surface area contributed by atoms with E-state index in [1.165, 1.54) is 23.7 Å². The minimum absolute atomic E-state index is 0.153. The lowest BCUT2D eigenvalue weighted by Crippen LogP contribution is -2.32. The van der Waals surface area contributed by atoms with Crippen LogP contribution in [-0.2, 0) is 17.6 Å². The molecular formula is C16H16N2O5S. The van der Waals surface area contributed by atoms with Gasteiger partial charge in [0.15, 0.2) is 5.76 Å². The van der Waals surface area contributed by atoms with Crippen molar-refractivity contribution in [3.8, 4) is 0 Å². The van der Waals surface area contributed by atoms with Crippen molar-refractivity contribution in [3.63, 3.8) is 0 Å². The summed E-state index contributed by atoms with van der Waals surface area (Å²) >= 11 is 1.36. The lowest BCUT2D eigenvalue weighted by molar-refractivity contribution is 0.0925. The number of alkyl carbamates (subject to hydrolysis) is 1. The highest BCUT2D eigenvalue weighted by Crippen LogP contribution is 2.39. The SMILES string of the molecule is CCOC(=O)NC(=O)c1c(NC(=O)c2ccco2)sc2c1CCC2. The van der Waals surface area contributed by atoms with Crippen LogP contribution in [0.15, 0.2) is 22.8 Å². The molecule has 0 saturated carbocycles. The summed E-state index contributed by atoms with van der Waals surface area (Å²) in [6.07, 6.45) is 3.15. The molecule has 1 aliphatic carbocycles. The number of ether oxygens (including phenoxy) is 1. The second-order valence-corrected chi connectivity index (χ2v) is 6.27. The van der Waals surface area contributed by atoms with Gasteiger partial charge in [-0.3, -0.25) is 14.9 Å². The molecule has 2 aromatic rings. The van der Waals surface area contributed by atoms with Crippen LogP contribution in [-0.4, -0.2) is 24.5 Å². The van der Waals surface area contributed by atoms with Crippen LogP contribution in [0.4, 0.5) is 9.80 Å². The van der Waals surface area contributed by atoms with E-state index in [1.807, 2.05) is 0 Å². The van der Waals surface area contributed by atoms with Gasteiger partial charge in [-0.25, -0.2) is 4.79 Å². The van der Waals surface area contributed by atoms with Gasteiger partial charge in [0.25, 0.3) is 11.8 Å². The highest BCUT2D eigenvalue weighted by molar-refractivity contribution is 7.17. The third-order valence-electron chi connectivity index (χ3n) is 3.61.